The lowest BCUT2D eigenvalue weighted by molar-refractivity contribution is 0.103. The second-order valence-electron chi connectivity index (χ2n) is 4.71. The second kappa shape index (κ2) is 6.39. The molecule has 3 heteroatoms. The van der Waals surface area contributed by atoms with Gasteiger partial charge in [-0.3, -0.25) is 9.59 Å². The molecule has 22 heavy (non-hydrogen) atoms. The fourth-order valence-corrected chi connectivity index (χ4v) is 2.58. The van der Waals surface area contributed by atoms with E-state index in [1.54, 1.807) is 37.3 Å². The van der Waals surface area contributed by atoms with Gasteiger partial charge in [0, 0.05) is 21.9 Å². The molecule has 0 bridgehead atoms. The van der Waals surface area contributed by atoms with Crippen molar-refractivity contribution in [3.8, 4) is 0 Å². The number of carbonyl (C=O) groups is 1. The number of aromatic nitrogens is 1. The number of hydrogen-bond donors (Lipinski definition) is 1. The number of aromatic amines is 1. The first-order chi connectivity index (χ1) is 10.6. The van der Waals surface area contributed by atoms with Gasteiger partial charge in [0.2, 0.25) is 0 Å². The Labute approximate surface area is 129 Å². The van der Waals surface area contributed by atoms with Gasteiger partial charge in [-0.1, -0.05) is 56.9 Å². The minimum absolute atomic E-state index is 0.0313. The lowest BCUT2D eigenvalue weighted by Gasteiger charge is -2.05. The van der Waals surface area contributed by atoms with E-state index in [2.05, 4.69) is 11.6 Å². The van der Waals surface area contributed by atoms with Crippen molar-refractivity contribution in [2.24, 2.45) is 0 Å². The summed E-state index contributed by atoms with van der Waals surface area (Å²) in [7, 11) is 0. The highest BCUT2D eigenvalue weighted by Gasteiger charge is 2.28. The van der Waals surface area contributed by atoms with Crippen molar-refractivity contribution in [2.45, 2.75) is 20.8 Å². The third-order valence-corrected chi connectivity index (χ3v) is 3.57. The molecule has 1 aliphatic rings. The number of pyridine rings is 1. The fourth-order valence-electron chi connectivity index (χ4n) is 2.58. The summed E-state index contributed by atoms with van der Waals surface area (Å²) in [5.41, 5.74) is 2.42. The number of benzene rings is 1. The van der Waals surface area contributed by atoms with Gasteiger partial charge in [0.25, 0.3) is 5.56 Å². The van der Waals surface area contributed by atoms with Crippen molar-refractivity contribution < 1.29 is 4.79 Å². The van der Waals surface area contributed by atoms with E-state index in [4.69, 9.17) is 0 Å². The van der Waals surface area contributed by atoms with Crippen LogP contribution in [0.4, 0.5) is 0 Å². The molecule has 0 aliphatic heterocycles. The van der Waals surface area contributed by atoms with Crippen molar-refractivity contribution >= 4 is 22.1 Å². The topological polar surface area (TPSA) is 49.9 Å². The normalized spacial score (nSPS) is 13.3. The van der Waals surface area contributed by atoms with Crippen LogP contribution in [0.15, 0.2) is 59.4 Å². The number of carbonyl (C=O) groups excluding carboxylic acids is 1. The Morgan fingerprint density at radius 3 is 2.36 bits per heavy atom. The maximum Gasteiger partial charge on any atom is 0.256 e. The number of fused-ring (bicyclic) bond motifs is 3. The van der Waals surface area contributed by atoms with Gasteiger partial charge in [-0.05, 0) is 13.0 Å². The summed E-state index contributed by atoms with van der Waals surface area (Å²) in [6.45, 7) is 9.40. The lowest BCUT2D eigenvalue weighted by Crippen LogP contribution is -2.11. The zero-order valence-electron chi connectivity index (χ0n) is 13.1. The molecular weight excluding hydrogens is 274 g/mol. The Kier molecular flexibility index (Phi) is 4.56. The number of allylic oxidation sites excluding steroid dienone is 5. The first-order valence-corrected chi connectivity index (χ1v) is 7.35. The van der Waals surface area contributed by atoms with Crippen LogP contribution >= 0.6 is 0 Å². The predicted octanol–water partition coefficient (Wildman–Crippen LogP) is 4.27. The van der Waals surface area contributed by atoms with Crippen molar-refractivity contribution in [3.05, 3.63) is 76.3 Å². The average molecular weight is 293 g/mol. The summed E-state index contributed by atoms with van der Waals surface area (Å²) in [6.07, 6.45) is 5.20. The van der Waals surface area contributed by atoms with Gasteiger partial charge in [-0.25, -0.2) is 0 Å². The van der Waals surface area contributed by atoms with Crippen molar-refractivity contribution in [1.29, 1.82) is 0 Å². The SMILES string of the molecule is C=C/C=C\C1=C(C)C(=O)c2c1[nH]c(=O)c1ccccc21.CC. The monoisotopic (exact) mass is 293 g/mol. The smallest absolute Gasteiger partial charge is 0.256 e. The van der Waals surface area contributed by atoms with Crippen LogP contribution in [-0.2, 0) is 0 Å². The highest BCUT2D eigenvalue weighted by Crippen LogP contribution is 2.35. The standard InChI is InChI=1S/C17H13NO2.C2H6/c1-3-4-7-11-10(2)16(19)14-12-8-5-6-9-13(12)17(20)18-15(11)14;1-2/h3-9H,1H2,2H3,(H,18,20);1-2H3/b7-4-;. The van der Waals surface area contributed by atoms with E-state index in [9.17, 15) is 9.59 Å². The minimum Gasteiger partial charge on any atom is -0.321 e. The van der Waals surface area contributed by atoms with Crippen LogP contribution in [0.5, 0.6) is 0 Å². The summed E-state index contributed by atoms with van der Waals surface area (Å²) >= 11 is 0. The number of ketones is 1. The molecule has 0 fully saturated rings. The Bertz CT molecular complexity index is 867. The molecule has 3 rings (SSSR count). The molecule has 0 radical (unpaired) electrons. The van der Waals surface area contributed by atoms with Crippen LogP contribution in [0.25, 0.3) is 16.3 Å². The molecule has 0 amide bonds. The van der Waals surface area contributed by atoms with Gasteiger partial charge >= 0.3 is 0 Å². The molecule has 0 saturated carbocycles. The molecule has 1 aliphatic carbocycles. The maximum atomic E-state index is 12.5. The van der Waals surface area contributed by atoms with E-state index in [1.165, 1.54) is 0 Å². The third-order valence-electron chi connectivity index (χ3n) is 3.57. The Morgan fingerprint density at radius 1 is 1.09 bits per heavy atom. The van der Waals surface area contributed by atoms with Gasteiger partial charge in [0.05, 0.1) is 11.3 Å². The Hall–Kier alpha value is -2.68. The number of hydrogen-bond acceptors (Lipinski definition) is 2. The predicted molar refractivity (Wildman–Crippen MR) is 92.2 cm³/mol. The van der Waals surface area contributed by atoms with Gasteiger partial charge < -0.3 is 4.98 Å². The van der Waals surface area contributed by atoms with Gasteiger partial charge in [0.15, 0.2) is 5.78 Å². The highest BCUT2D eigenvalue weighted by molar-refractivity contribution is 6.26. The summed E-state index contributed by atoms with van der Waals surface area (Å²) in [5, 5.41) is 1.25. The molecule has 0 spiro atoms. The number of Topliss-reactive ketones (excluding diaryl/α,β-unsaturated/α-hetero) is 1. The molecule has 3 nitrogen and oxygen atoms in total. The molecule has 1 N–H and O–H groups in total. The molecule has 1 heterocycles. The third kappa shape index (κ3) is 2.35. The largest absolute Gasteiger partial charge is 0.321 e. The summed E-state index contributed by atoms with van der Waals surface area (Å²) < 4.78 is 0. The number of rotatable bonds is 2. The molecular formula is C19H19NO2. The van der Waals surface area contributed by atoms with E-state index < -0.39 is 0 Å². The van der Waals surface area contributed by atoms with E-state index in [-0.39, 0.29) is 11.3 Å². The number of nitrogens with one attached hydrogen (secondary N) is 1. The van der Waals surface area contributed by atoms with Crippen LogP contribution in [0.1, 0.15) is 36.8 Å². The first kappa shape index (κ1) is 15.7. The van der Waals surface area contributed by atoms with Crippen LogP contribution < -0.4 is 5.56 Å². The average Bonchev–Trinajstić information content (AvgIpc) is 2.79. The summed E-state index contributed by atoms with van der Waals surface area (Å²) in [6, 6.07) is 7.17. The van der Waals surface area contributed by atoms with Crippen LogP contribution in [-0.4, -0.2) is 10.8 Å². The van der Waals surface area contributed by atoms with Crippen LogP contribution in [0.2, 0.25) is 0 Å². The fraction of sp³-hybridized carbons (Fsp3) is 0.158. The Morgan fingerprint density at radius 2 is 1.73 bits per heavy atom. The van der Waals surface area contributed by atoms with Gasteiger partial charge in [-0.2, -0.15) is 0 Å². The second-order valence-corrected chi connectivity index (χ2v) is 4.71. The van der Waals surface area contributed by atoms with Crippen LogP contribution in [0, 0.1) is 0 Å². The quantitative estimate of drug-likeness (QED) is 0.841. The zero-order valence-corrected chi connectivity index (χ0v) is 13.1. The molecule has 2 aromatic rings. The Balaban J connectivity index is 0.000000847. The summed E-state index contributed by atoms with van der Waals surface area (Å²) in [5.74, 6) is -0.0313. The van der Waals surface area contributed by atoms with Crippen molar-refractivity contribution in [2.75, 3.05) is 0 Å². The lowest BCUT2D eigenvalue weighted by atomic mass is 10.0. The van der Waals surface area contributed by atoms with Gasteiger partial charge in [-0.15, -0.1) is 0 Å². The molecule has 0 unspecified atom stereocenters. The first-order valence-electron chi connectivity index (χ1n) is 7.35. The van der Waals surface area contributed by atoms with Crippen molar-refractivity contribution in [3.63, 3.8) is 0 Å². The van der Waals surface area contributed by atoms with E-state index in [0.717, 1.165) is 5.57 Å². The summed E-state index contributed by atoms with van der Waals surface area (Å²) in [4.78, 5) is 27.4. The van der Waals surface area contributed by atoms with Crippen LogP contribution in [0.3, 0.4) is 0 Å². The number of H-pyrrole nitrogens is 1. The molecule has 1 aromatic heterocycles. The van der Waals surface area contributed by atoms with E-state index >= 15 is 0 Å². The van der Waals surface area contributed by atoms with Gasteiger partial charge in [0.1, 0.15) is 0 Å². The molecule has 1 aromatic carbocycles. The minimum atomic E-state index is -0.175. The highest BCUT2D eigenvalue weighted by atomic mass is 16.1. The zero-order chi connectivity index (χ0) is 16.3. The molecule has 0 saturated heterocycles. The molecule has 112 valence electrons. The van der Waals surface area contributed by atoms with E-state index in [0.29, 0.717) is 27.6 Å². The van der Waals surface area contributed by atoms with Crippen molar-refractivity contribution in [1.82, 2.24) is 4.98 Å². The maximum absolute atomic E-state index is 12.5. The molecule has 0 atom stereocenters. The van der Waals surface area contributed by atoms with E-state index in [1.807, 2.05) is 26.0 Å².